The van der Waals surface area contributed by atoms with Crippen LogP contribution in [0.2, 0.25) is 0 Å². The van der Waals surface area contributed by atoms with Crippen LogP contribution in [0.5, 0.6) is 17.2 Å². The molecule has 276 valence electrons. The van der Waals surface area contributed by atoms with Crippen LogP contribution in [0.3, 0.4) is 0 Å². The molecule has 6 rings (SSSR count). The Labute approximate surface area is 299 Å². The minimum Gasteiger partial charge on any atom is -0.507 e. The van der Waals surface area contributed by atoms with Gasteiger partial charge in [-0.3, -0.25) is 14.8 Å². The van der Waals surface area contributed by atoms with Gasteiger partial charge in [-0.05, 0) is 51.5 Å². The zero-order chi connectivity index (χ0) is 37.9. The number of carbonyl (C=O) groups excluding carboxylic acids is 1. The van der Waals surface area contributed by atoms with Crippen LogP contribution in [0, 0.1) is 36.5 Å². The zero-order valence-corrected chi connectivity index (χ0v) is 31.5. The molecule has 0 aromatic heterocycles. The molecule has 9 atom stereocenters. The van der Waals surface area contributed by atoms with Gasteiger partial charge in [-0.15, -0.1) is 0 Å². The minimum absolute atomic E-state index is 0.0128. The number of nitrogens with one attached hydrogen (secondary N) is 1. The Kier molecular flexibility index (Phi) is 10.3. The van der Waals surface area contributed by atoms with E-state index in [9.17, 15) is 25.2 Å². The first-order valence-corrected chi connectivity index (χ1v) is 17.6. The quantitative estimate of drug-likeness (QED) is 0.241. The van der Waals surface area contributed by atoms with Gasteiger partial charge < -0.3 is 40.0 Å². The van der Waals surface area contributed by atoms with E-state index in [1.807, 2.05) is 27.7 Å². The van der Waals surface area contributed by atoms with Gasteiger partial charge in [0, 0.05) is 53.5 Å². The lowest BCUT2D eigenvalue weighted by atomic mass is 9.74. The van der Waals surface area contributed by atoms with Crippen molar-refractivity contribution in [2.75, 3.05) is 12.4 Å². The van der Waals surface area contributed by atoms with Crippen LogP contribution in [0.15, 0.2) is 52.7 Å². The van der Waals surface area contributed by atoms with E-state index in [0.717, 1.165) is 0 Å². The summed E-state index contributed by atoms with van der Waals surface area (Å²) in [6.45, 7) is 22.8. The number of allylic oxidation sites excluding steroid dienone is 2. The number of hydrogen-bond acceptors (Lipinski definition) is 10. The average Bonchev–Trinajstić information content (AvgIpc) is 3.55. The molecule has 2 aromatic carbocycles. The summed E-state index contributed by atoms with van der Waals surface area (Å²) in [6.07, 6.45) is 6.37. The number of fused-ring (bicyclic) bond motifs is 13. The number of amides is 1. The van der Waals surface area contributed by atoms with Crippen molar-refractivity contribution in [3.05, 3.63) is 64.6 Å². The van der Waals surface area contributed by atoms with Crippen LogP contribution in [-0.4, -0.2) is 63.2 Å². The summed E-state index contributed by atoms with van der Waals surface area (Å²) in [6, 6.07) is 0. The van der Waals surface area contributed by atoms with E-state index in [1.54, 1.807) is 66.0 Å². The summed E-state index contributed by atoms with van der Waals surface area (Å²) in [5, 5.41) is 49.9. The number of hydrogen-bond donors (Lipinski definition) is 5. The molecule has 0 saturated heterocycles. The lowest BCUT2D eigenvalue weighted by Gasteiger charge is -2.37. The molecule has 0 spiro atoms. The van der Waals surface area contributed by atoms with Crippen LogP contribution in [-0.2, 0) is 14.3 Å². The number of aliphatic hydroxyl groups excluding tert-OH is 2. The molecule has 1 amide bonds. The second kappa shape index (κ2) is 13.7. The maximum Gasteiger partial charge on any atom is 0.274 e. The second-order valence-corrected chi connectivity index (χ2v) is 15.2. The molecule has 5 bridgehead atoms. The molecule has 51 heavy (non-hydrogen) atoms. The van der Waals surface area contributed by atoms with Gasteiger partial charge in [0.2, 0.25) is 0 Å². The number of ether oxygens (including phenoxy) is 3. The lowest BCUT2D eigenvalue weighted by Crippen LogP contribution is -2.41. The first-order valence-electron chi connectivity index (χ1n) is 17.6. The largest absolute Gasteiger partial charge is 0.507 e. The molecular weight excluding hydrogens is 650 g/mol. The van der Waals surface area contributed by atoms with Gasteiger partial charge in [0.15, 0.2) is 5.75 Å². The number of aliphatic hydroxyl groups is 2. The number of carbonyl (C=O) groups is 1. The molecule has 11 nitrogen and oxygen atoms in total. The van der Waals surface area contributed by atoms with E-state index in [0.29, 0.717) is 38.8 Å². The van der Waals surface area contributed by atoms with Crippen molar-refractivity contribution in [2.45, 2.75) is 99.0 Å². The Morgan fingerprint density at radius 3 is 2.18 bits per heavy atom. The maximum atomic E-state index is 13.6. The molecule has 4 aliphatic rings. The van der Waals surface area contributed by atoms with Crippen molar-refractivity contribution in [1.29, 1.82) is 0 Å². The van der Waals surface area contributed by atoms with Gasteiger partial charge in [0.1, 0.15) is 28.2 Å². The van der Waals surface area contributed by atoms with Crippen LogP contribution < -0.4 is 20.8 Å². The molecule has 0 radical (unpaired) electrons. The van der Waals surface area contributed by atoms with Gasteiger partial charge in [-0.25, -0.2) is 0 Å². The third-order valence-corrected chi connectivity index (χ3v) is 11.3. The van der Waals surface area contributed by atoms with Crippen molar-refractivity contribution in [3.63, 3.8) is 0 Å². The lowest BCUT2D eigenvalue weighted by molar-refractivity contribution is -0.112. The Morgan fingerprint density at radius 1 is 0.882 bits per heavy atom. The average molecular weight is 704 g/mol. The van der Waals surface area contributed by atoms with Crippen molar-refractivity contribution in [2.24, 2.45) is 39.6 Å². The highest BCUT2D eigenvalue weighted by molar-refractivity contribution is 6.11. The van der Waals surface area contributed by atoms with Crippen LogP contribution in [0.25, 0.3) is 16.3 Å². The highest BCUT2D eigenvalue weighted by Crippen LogP contribution is 2.53. The summed E-state index contributed by atoms with van der Waals surface area (Å²) in [4.78, 5) is 23.2. The van der Waals surface area contributed by atoms with E-state index in [4.69, 9.17) is 24.2 Å². The predicted molar refractivity (Wildman–Crippen MR) is 197 cm³/mol. The summed E-state index contributed by atoms with van der Waals surface area (Å²) in [5.74, 6) is -3.24. The van der Waals surface area contributed by atoms with E-state index in [-0.39, 0.29) is 57.7 Å². The molecule has 4 heterocycles. The molecule has 5 N–H and O–H groups in total. The molecule has 0 aliphatic carbocycles. The molecule has 0 saturated carbocycles. The topological polar surface area (TPSA) is 162 Å². The number of anilines is 1. The highest BCUT2D eigenvalue weighted by Gasteiger charge is 2.45. The molecule has 4 aliphatic heterocycles. The van der Waals surface area contributed by atoms with E-state index in [2.05, 4.69) is 18.8 Å². The van der Waals surface area contributed by atoms with Gasteiger partial charge in [0.25, 0.3) is 11.7 Å². The first kappa shape index (κ1) is 38.1. The van der Waals surface area contributed by atoms with Gasteiger partial charge >= 0.3 is 0 Å². The van der Waals surface area contributed by atoms with Gasteiger partial charge in [0.05, 0.1) is 35.3 Å². The number of phenolic OH excluding ortho intramolecular Hbond substituents is 2. The number of benzene rings is 2. The number of methoxy groups -OCH3 is 1. The first-order chi connectivity index (χ1) is 23.8. The second-order valence-electron chi connectivity index (χ2n) is 15.2. The third kappa shape index (κ3) is 6.56. The number of aromatic hydroxyl groups is 2. The SMILES string of the molecule is C=C1c2c3c(C)c(O)c4c(O)c(c5c(c24)=NC(C)(C)N=5)NC(=O)/C(C)=C\C=C\[C@H](C)[C@H](O)[C@@H](C)[C@@H](O)[C@@H](C)[C@H](C)[C@H](C)[C@@H](OC)/C=C/O[C@@]1(C)O3. The van der Waals surface area contributed by atoms with Crippen LogP contribution in [0.4, 0.5) is 5.69 Å². The minimum atomic E-state index is -1.41. The molecule has 0 unspecified atom stereocenters. The van der Waals surface area contributed by atoms with Crippen molar-refractivity contribution in [3.8, 4) is 17.2 Å². The fraction of sp³-hybridized carbons (Fsp3) is 0.525. The van der Waals surface area contributed by atoms with Crippen molar-refractivity contribution >= 4 is 27.9 Å². The van der Waals surface area contributed by atoms with E-state index in [1.165, 1.54) is 6.26 Å². The Hall–Kier alpha value is -4.19. The summed E-state index contributed by atoms with van der Waals surface area (Å²) < 4.78 is 18.6. The fourth-order valence-corrected chi connectivity index (χ4v) is 7.42. The van der Waals surface area contributed by atoms with Crippen LogP contribution in [0.1, 0.15) is 73.4 Å². The van der Waals surface area contributed by atoms with Crippen molar-refractivity contribution < 1.29 is 39.4 Å². The monoisotopic (exact) mass is 703 g/mol. The summed E-state index contributed by atoms with van der Waals surface area (Å²) >= 11 is 0. The van der Waals surface area contributed by atoms with Crippen molar-refractivity contribution in [1.82, 2.24) is 0 Å². The number of phenols is 2. The predicted octanol–water partition coefficient (Wildman–Crippen LogP) is 5.57. The van der Waals surface area contributed by atoms with Gasteiger partial charge in [-0.1, -0.05) is 59.4 Å². The Morgan fingerprint density at radius 2 is 1.53 bits per heavy atom. The summed E-state index contributed by atoms with van der Waals surface area (Å²) in [5.41, 5.74) is 0.671. The zero-order valence-electron chi connectivity index (χ0n) is 31.5. The highest BCUT2D eigenvalue weighted by atomic mass is 16.7. The molecule has 11 heteroatoms. The maximum absolute atomic E-state index is 13.6. The Balaban J connectivity index is 1.71. The Bertz CT molecular complexity index is 1980. The normalized spacial score (nSPS) is 34.8. The smallest absolute Gasteiger partial charge is 0.274 e. The number of nitrogens with zero attached hydrogens (tertiary/aromatic N) is 2. The molecule has 2 aromatic rings. The fourth-order valence-electron chi connectivity index (χ4n) is 7.42. The van der Waals surface area contributed by atoms with E-state index < -0.39 is 35.5 Å². The van der Waals surface area contributed by atoms with Crippen LogP contribution >= 0.6 is 0 Å². The third-order valence-electron chi connectivity index (χ3n) is 11.3. The van der Waals surface area contributed by atoms with E-state index >= 15 is 0 Å². The van der Waals surface area contributed by atoms with Gasteiger partial charge in [-0.2, -0.15) is 0 Å². The summed E-state index contributed by atoms with van der Waals surface area (Å²) in [7, 11) is 1.62. The standard InChI is InChI=1S/C40H53N3O8/c1-18-14-13-15-19(2)38(48)41-32-31-30(42-39(9,10)43-31)28-27-25(8)40(11,51-37(27)24(7)35(46)29(28)36(32)47)50-17-16-26(49-12)21(4)20(3)22(5)34(45)23(6)33(18)44/h13-18,20-23,26,33-34,44-47H,8H2,1-7,9-12H3,(H,41,48)/b14-13+,17-16+,19-15-/t18-,20+,21-,22-,23+,26-,33-,34-,40-/m0/s1. The number of rotatable bonds is 1. The molecule has 0 fully saturated rings. The molecular formula is C40H53N3O8.